The van der Waals surface area contributed by atoms with E-state index in [9.17, 15) is 15.0 Å². The molecule has 8 heteroatoms. The summed E-state index contributed by atoms with van der Waals surface area (Å²) < 4.78 is 23.3. The first kappa shape index (κ1) is 24.9. The molecule has 5 rings (SSSR count). The van der Waals surface area contributed by atoms with Gasteiger partial charge < -0.3 is 34.5 Å². The van der Waals surface area contributed by atoms with E-state index in [2.05, 4.69) is 19.2 Å². The van der Waals surface area contributed by atoms with Gasteiger partial charge in [0, 0.05) is 23.6 Å². The summed E-state index contributed by atoms with van der Waals surface area (Å²) in [4.78, 5) is 11.5. The molecule has 2 heterocycles. The summed E-state index contributed by atoms with van der Waals surface area (Å²) >= 11 is 0. The molecule has 2 aromatic carbocycles. The van der Waals surface area contributed by atoms with Gasteiger partial charge in [-0.2, -0.15) is 0 Å². The second kappa shape index (κ2) is 9.57. The maximum absolute atomic E-state index is 11.5. The number of rotatable bonds is 10. The second-order valence-electron chi connectivity index (χ2n) is 10.7. The summed E-state index contributed by atoms with van der Waals surface area (Å²) in [6, 6.07) is 9.97. The van der Waals surface area contributed by atoms with Gasteiger partial charge in [0.2, 0.25) is 0 Å². The number of aliphatic hydroxyl groups excluding tert-OH is 1. The lowest BCUT2D eigenvalue weighted by atomic mass is 9.94. The molecule has 3 N–H and O–H groups in total. The monoisotopic (exact) mass is 497 g/mol. The van der Waals surface area contributed by atoms with Gasteiger partial charge in [-0.05, 0) is 62.9 Å². The molecular weight excluding hydrogens is 462 g/mol. The molecule has 1 fully saturated rings. The molecule has 36 heavy (non-hydrogen) atoms. The third kappa shape index (κ3) is 4.90. The van der Waals surface area contributed by atoms with Crippen molar-refractivity contribution in [3.8, 4) is 17.2 Å². The molecule has 0 saturated heterocycles. The summed E-state index contributed by atoms with van der Waals surface area (Å²) in [6.45, 7) is 9.77. The Bertz CT molecular complexity index is 1150. The van der Waals surface area contributed by atoms with Gasteiger partial charge >= 0.3 is 5.97 Å². The Morgan fingerprint density at radius 1 is 1.19 bits per heavy atom. The van der Waals surface area contributed by atoms with Crippen molar-refractivity contribution in [2.75, 3.05) is 26.4 Å². The first-order valence-corrected chi connectivity index (χ1v) is 12.6. The number of hydrogen-bond acceptors (Lipinski definition) is 7. The number of ether oxygens (including phenoxy) is 4. The molecule has 8 nitrogen and oxygen atoms in total. The van der Waals surface area contributed by atoms with Gasteiger partial charge in [-0.1, -0.05) is 18.2 Å². The van der Waals surface area contributed by atoms with Gasteiger partial charge in [-0.15, -0.1) is 0 Å². The van der Waals surface area contributed by atoms with E-state index in [0.717, 1.165) is 45.9 Å². The Morgan fingerprint density at radius 3 is 2.69 bits per heavy atom. The standard InChI is InChI=1S/C28H35NO7/c1-15-5-7-19(22-23-24(27(31)32)26(23)36-25(15)22)16(2)35-14-18(30)13-29-28(3,4)12-17-6-8-20-21(11-17)34-10-9-33-20/h5-8,11,16,18,23-24,26,29-30H,9-10,12-14H2,1-4H3,(H,31,32)/t16-,18-,23+,24+,26+/m1/s1. The summed E-state index contributed by atoms with van der Waals surface area (Å²) in [5.74, 6) is 0.912. The molecule has 5 atom stereocenters. The lowest BCUT2D eigenvalue weighted by Crippen LogP contribution is -2.46. The number of nitrogens with one attached hydrogen (secondary N) is 1. The van der Waals surface area contributed by atoms with E-state index < -0.39 is 18.0 Å². The molecule has 0 unspecified atom stereocenters. The fourth-order valence-corrected chi connectivity index (χ4v) is 5.35. The van der Waals surface area contributed by atoms with Gasteiger partial charge in [0.15, 0.2) is 11.5 Å². The first-order chi connectivity index (χ1) is 17.1. The number of aliphatic hydroxyl groups is 1. The third-order valence-electron chi connectivity index (χ3n) is 7.30. The zero-order valence-corrected chi connectivity index (χ0v) is 21.2. The number of carboxylic acid groups (broad SMARTS) is 1. The molecule has 0 spiro atoms. The molecular formula is C28H35NO7. The van der Waals surface area contributed by atoms with Crippen LogP contribution in [0.5, 0.6) is 17.2 Å². The molecule has 0 aromatic heterocycles. The van der Waals surface area contributed by atoms with Crippen molar-refractivity contribution in [3.63, 3.8) is 0 Å². The highest BCUT2D eigenvalue weighted by molar-refractivity contribution is 5.79. The lowest BCUT2D eigenvalue weighted by Gasteiger charge is -2.29. The average Bonchev–Trinajstić information content (AvgIpc) is 3.43. The number of hydrogen-bond donors (Lipinski definition) is 3. The van der Waals surface area contributed by atoms with Gasteiger partial charge in [0.25, 0.3) is 0 Å². The van der Waals surface area contributed by atoms with Crippen molar-refractivity contribution >= 4 is 5.97 Å². The Balaban J connectivity index is 1.14. The highest BCUT2D eigenvalue weighted by Gasteiger charge is 2.64. The molecule has 0 radical (unpaired) electrons. The number of carbonyl (C=O) groups is 1. The van der Waals surface area contributed by atoms with Crippen molar-refractivity contribution in [1.82, 2.24) is 5.32 Å². The Kier molecular flexibility index (Phi) is 6.61. The fourth-order valence-electron chi connectivity index (χ4n) is 5.35. The number of aliphatic carboxylic acids is 1. The average molecular weight is 498 g/mol. The molecule has 194 valence electrons. The van der Waals surface area contributed by atoms with Gasteiger partial charge in [-0.25, -0.2) is 0 Å². The molecule has 3 aliphatic rings. The van der Waals surface area contributed by atoms with E-state index in [1.807, 2.05) is 44.2 Å². The summed E-state index contributed by atoms with van der Waals surface area (Å²) in [5, 5.41) is 23.5. The second-order valence-corrected chi connectivity index (χ2v) is 10.7. The Morgan fingerprint density at radius 2 is 1.94 bits per heavy atom. The zero-order valence-electron chi connectivity index (χ0n) is 21.2. The number of fused-ring (bicyclic) bond motifs is 4. The van der Waals surface area contributed by atoms with Crippen molar-refractivity contribution in [2.45, 2.75) is 63.9 Å². The normalized spacial score (nSPS) is 23.3. The van der Waals surface area contributed by atoms with Crippen LogP contribution in [0.2, 0.25) is 0 Å². The number of carboxylic acids is 1. The fraction of sp³-hybridized carbons (Fsp3) is 0.536. The molecule has 2 aliphatic heterocycles. The van der Waals surface area contributed by atoms with Crippen LogP contribution in [0.15, 0.2) is 30.3 Å². The maximum Gasteiger partial charge on any atom is 0.311 e. The van der Waals surface area contributed by atoms with Gasteiger partial charge in [0.05, 0.1) is 18.8 Å². The lowest BCUT2D eigenvalue weighted by molar-refractivity contribution is -0.139. The largest absolute Gasteiger partial charge is 0.488 e. The first-order valence-electron chi connectivity index (χ1n) is 12.6. The smallest absolute Gasteiger partial charge is 0.311 e. The Labute approximate surface area is 211 Å². The van der Waals surface area contributed by atoms with Crippen LogP contribution >= 0.6 is 0 Å². The van der Waals surface area contributed by atoms with E-state index in [4.69, 9.17) is 18.9 Å². The minimum Gasteiger partial charge on any atom is -0.488 e. The van der Waals surface area contributed by atoms with Crippen LogP contribution in [0, 0.1) is 12.8 Å². The molecule has 1 saturated carbocycles. The number of β-amino-alcohol motifs (C(OH)–C–C–N with tert-alkyl or cyclic N) is 1. The van der Waals surface area contributed by atoms with Crippen LogP contribution in [-0.4, -0.2) is 60.3 Å². The minimum atomic E-state index is -0.822. The van der Waals surface area contributed by atoms with E-state index in [1.54, 1.807) is 0 Å². The molecule has 0 amide bonds. The van der Waals surface area contributed by atoms with E-state index in [1.165, 1.54) is 0 Å². The SMILES string of the molecule is Cc1ccc([C@@H](C)OC[C@H](O)CNC(C)(C)Cc2ccc3c(c2)OCCO3)c2c1O[C@@H]1[C@@H](C(=O)O)[C@H]21. The van der Waals surface area contributed by atoms with Gasteiger partial charge in [-0.3, -0.25) is 4.79 Å². The third-order valence-corrected chi connectivity index (χ3v) is 7.30. The van der Waals surface area contributed by atoms with Crippen LogP contribution < -0.4 is 19.5 Å². The van der Waals surface area contributed by atoms with Crippen molar-refractivity contribution in [3.05, 3.63) is 52.6 Å². The predicted molar refractivity (Wildman–Crippen MR) is 133 cm³/mol. The van der Waals surface area contributed by atoms with Crippen molar-refractivity contribution in [1.29, 1.82) is 0 Å². The summed E-state index contributed by atoms with van der Waals surface area (Å²) in [5.41, 5.74) is 3.77. The van der Waals surface area contributed by atoms with Gasteiger partial charge in [0.1, 0.15) is 31.0 Å². The molecule has 1 aliphatic carbocycles. The molecule has 2 aromatic rings. The van der Waals surface area contributed by atoms with Crippen molar-refractivity contribution < 1.29 is 34.0 Å². The zero-order chi connectivity index (χ0) is 25.6. The Hall–Kier alpha value is -2.81. The van der Waals surface area contributed by atoms with Crippen LogP contribution in [0.25, 0.3) is 0 Å². The van der Waals surface area contributed by atoms with Crippen LogP contribution in [0.4, 0.5) is 0 Å². The van der Waals surface area contributed by atoms with Crippen LogP contribution in [-0.2, 0) is 16.0 Å². The number of benzene rings is 2. The van der Waals surface area contributed by atoms with E-state index in [0.29, 0.717) is 19.8 Å². The van der Waals surface area contributed by atoms with E-state index >= 15 is 0 Å². The predicted octanol–water partition coefficient (Wildman–Crippen LogP) is 3.37. The van der Waals surface area contributed by atoms with Crippen LogP contribution in [0.3, 0.4) is 0 Å². The highest BCUT2D eigenvalue weighted by atomic mass is 16.6. The molecule has 0 bridgehead atoms. The minimum absolute atomic E-state index is 0.119. The van der Waals surface area contributed by atoms with E-state index in [-0.39, 0.29) is 30.3 Å². The quantitative estimate of drug-likeness (QED) is 0.459. The van der Waals surface area contributed by atoms with Crippen LogP contribution in [0.1, 0.15) is 55.0 Å². The summed E-state index contributed by atoms with van der Waals surface area (Å²) in [7, 11) is 0. The maximum atomic E-state index is 11.5. The van der Waals surface area contributed by atoms with Crippen molar-refractivity contribution in [2.24, 2.45) is 5.92 Å². The highest BCUT2D eigenvalue weighted by Crippen LogP contribution is 2.61. The summed E-state index contributed by atoms with van der Waals surface area (Å²) in [6.07, 6.45) is -0.508. The number of aryl methyl sites for hydroxylation is 1. The topological polar surface area (TPSA) is 106 Å².